The Balaban J connectivity index is 1.80. The van der Waals surface area contributed by atoms with Gasteiger partial charge in [0, 0.05) is 36.6 Å². The number of aromatic nitrogens is 1. The van der Waals surface area contributed by atoms with Gasteiger partial charge in [-0.25, -0.2) is 0 Å². The normalized spacial score (nSPS) is 17.1. The minimum atomic E-state index is -0.942. The van der Waals surface area contributed by atoms with Crippen LogP contribution in [-0.2, 0) is 16.1 Å². The number of nitrogens with zero attached hydrogens (tertiary/aromatic N) is 3. The largest absolute Gasteiger partial charge is 0.507 e. The van der Waals surface area contributed by atoms with Gasteiger partial charge in [-0.3, -0.25) is 24.7 Å². The molecule has 0 unspecified atom stereocenters. The third-order valence-corrected chi connectivity index (χ3v) is 5.53. The molecule has 0 bridgehead atoms. The van der Waals surface area contributed by atoms with Gasteiger partial charge in [0.15, 0.2) is 0 Å². The summed E-state index contributed by atoms with van der Waals surface area (Å²) < 4.78 is 5.63. The van der Waals surface area contributed by atoms with Gasteiger partial charge in [-0.15, -0.1) is 0 Å². The van der Waals surface area contributed by atoms with Crippen LogP contribution in [0.15, 0.2) is 78.6 Å². The third kappa shape index (κ3) is 4.89. The molecule has 4 rings (SSSR count). The van der Waals surface area contributed by atoms with Gasteiger partial charge in [-0.05, 0) is 67.4 Å². The van der Waals surface area contributed by atoms with Crippen LogP contribution in [-0.4, -0.2) is 37.7 Å². The number of benzene rings is 2. The maximum Gasteiger partial charge on any atom is 0.295 e. The summed E-state index contributed by atoms with van der Waals surface area (Å²) in [6.45, 7) is 3.85. The highest BCUT2D eigenvalue weighted by Crippen LogP contribution is 2.40. The number of rotatable bonds is 7. The van der Waals surface area contributed by atoms with Gasteiger partial charge in [-0.2, -0.15) is 0 Å². The van der Waals surface area contributed by atoms with Gasteiger partial charge in [0.05, 0.1) is 22.6 Å². The zero-order chi connectivity index (χ0) is 25.1. The molecule has 9 heteroatoms. The third-order valence-electron chi connectivity index (χ3n) is 5.53. The molecule has 0 saturated carbocycles. The van der Waals surface area contributed by atoms with Gasteiger partial charge in [0.1, 0.15) is 11.5 Å². The summed E-state index contributed by atoms with van der Waals surface area (Å²) >= 11 is 0. The lowest BCUT2D eigenvalue weighted by Crippen LogP contribution is -2.29. The average Bonchev–Trinajstić information content (AvgIpc) is 3.09. The van der Waals surface area contributed by atoms with Crippen molar-refractivity contribution in [3.8, 4) is 5.75 Å². The zero-order valence-corrected chi connectivity index (χ0v) is 19.1. The predicted octanol–water partition coefficient (Wildman–Crippen LogP) is 4.40. The molecule has 1 fully saturated rings. The topological polar surface area (TPSA) is 123 Å². The van der Waals surface area contributed by atoms with E-state index in [4.69, 9.17) is 4.74 Å². The first-order valence-electron chi connectivity index (χ1n) is 10.9. The number of hydrogen-bond acceptors (Lipinski definition) is 7. The standard InChI is InChI=1S/C26H23N3O6/c1-16(2)35-21-11-7-19(8-12-21)24(30)22-23(18-5-9-20(10-6-18)29(33)34)28(26(32)25(22)31)15-17-4-3-13-27-14-17/h3-14,16,23,30H,15H2,1-2H3/t23-/m1/s1. The first-order valence-corrected chi connectivity index (χ1v) is 10.9. The SMILES string of the molecule is CC(C)Oc1ccc(C(O)=C2C(=O)C(=O)N(Cc3cccnc3)[C@@H]2c2ccc([N+](=O)[O-])cc2)cc1. The van der Waals surface area contributed by atoms with Crippen molar-refractivity contribution in [2.75, 3.05) is 0 Å². The number of likely N-dealkylation sites (tertiary alicyclic amines) is 1. The Hall–Kier alpha value is -4.53. The van der Waals surface area contributed by atoms with Crippen molar-refractivity contribution in [1.82, 2.24) is 9.88 Å². The molecule has 1 aliphatic rings. The fourth-order valence-corrected chi connectivity index (χ4v) is 3.98. The molecule has 35 heavy (non-hydrogen) atoms. The molecule has 1 amide bonds. The summed E-state index contributed by atoms with van der Waals surface area (Å²) in [5.41, 5.74) is 1.27. The van der Waals surface area contributed by atoms with Gasteiger partial charge >= 0.3 is 0 Å². The Labute approximate surface area is 201 Å². The molecule has 178 valence electrons. The maximum absolute atomic E-state index is 13.1. The molecule has 0 spiro atoms. The van der Waals surface area contributed by atoms with Crippen molar-refractivity contribution < 1.29 is 24.4 Å². The van der Waals surface area contributed by atoms with Gasteiger partial charge < -0.3 is 14.7 Å². The van der Waals surface area contributed by atoms with Gasteiger partial charge in [0.25, 0.3) is 17.4 Å². The summed E-state index contributed by atoms with van der Waals surface area (Å²) in [6.07, 6.45) is 3.15. The first-order chi connectivity index (χ1) is 16.8. The monoisotopic (exact) mass is 473 g/mol. The lowest BCUT2D eigenvalue weighted by Gasteiger charge is -2.25. The Morgan fingerprint density at radius 2 is 1.80 bits per heavy atom. The highest BCUT2D eigenvalue weighted by molar-refractivity contribution is 6.46. The molecule has 1 N–H and O–H groups in total. The molecule has 2 heterocycles. The minimum Gasteiger partial charge on any atom is -0.507 e. The van der Waals surface area contributed by atoms with E-state index in [0.29, 0.717) is 22.4 Å². The fraction of sp³-hybridized carbons (Fsp3) is 0.192. The summed E-state index contributed by atoms with van der Waals surface area (Å²) in [5.74, 6) is -1.35. The van der Waals surface area contributed by atoms with Crippen LogP contribution in [0.25, 0.3) is 5.76 Å². The second kappa shape index (κ2) is 9.76. The number of nitro groups is 1. The smallest absolute Gasteiger partial charge is 0.295 e. The number of amides is 1. The number of carbonyl (C=O) groups excluding carboxylic acids is 2. The summed E-state index contributed by atoms with van der Waals surface area (Å²) in [7, 11) is 0. The molecule has 1 atom stereocenters. The highest BCUT2D eigenvalue weighted by Gasteiger charge is 2.46. The minimum absolute atomic E-state index is 0.0330. The van der Waals surface area contributed by atoms with Crippen LogP contribution in [0, 0.1) is 10.1 Å². The van der Waals surface area contributed by atoms with Crippen LogP contribution in [0.3, 0.4) is 0 Å². The molecule has 0 radical (unpaired) electrons. The van der Waals surface area contributed by atoms with E-state index < -0.39 is 22.7 Å². The van der Waals surface area contributed by atoms with Crippen molar-refractivity contribution >= 4 is 23.1 Å². The lowest BCUT2D eigenvalue weighted by molar-refractivity contribution is -0.384. The van der Waals surface area contributed by atoms with E-state index >= 15 is 0 Å². The van der Waals surface area contributed by atoms with E-state index in [9.17, 15) is 24.8 Å². The number of aliphatic hydroxyl groups excluding tert-OH is 1. The Morgan fingerprint density at radius 1 is 1.11 bits per heavy atom. The Bertz CT molecular complexity index is 1280. The van der Waals surface area contributed by atoms with E-state index in [1.807, 2.05) is 13.8 Å². The Kier molecular flexibility index (Phi) is 6.59. The Morgan fingerprint density at radius 3 is 2.37 bits per heavy atom. The molecule has 1 aliphatic heterocycles. The molecule has 1 aromatic heterocycles. The number of nitro benzene ring substituents is 1. The van der Waals surface area contributed by atoms with Crippen LogP contribution in [0.4, 0.5) is 5.69 Å². The van der Waals surface area contributed by atoms with E-state index in [0.717, 1.165) is 0 Å². The number of non-ortho nitro benzene ring substituents is 1. The van der Waals surface area contributed by atoms with Gasteiger partial charge in [-0.1, -0.05) is 6.07 Å². The number of ether oxygens (including phenoxy) is 1. The van der Waals surface area contributed by atoms with Crippen molar-refractivity contribution in [3.63, 3.8) is 0 Å². The van der Waals surface area contributed by atoms with E-state index in [-0.39, 0.29) is 29.7 Å². The van der Waals surface area contributed by atoms with Crippen molar-refractivity contribution in [1.29, 1.82) is 0 Å². The molecule has 2 aromatic carbocycles. The van der Waals surface area contributed by atoms with E-state index in [1.165, 1.54) is 29.2 Å². The number of ketones is 1. The van der Waals surface area contributed by atoms with E-state index in [2.05, 4.69) is 4.98 Å². The summed E-state index contributed by atoms with van der Waals surface area (Å²) in [6, 6.07) is 14.7. The van der Waals surface area contributed by atoms with Crippen molar-refractivity contribution in [2.24, 2.45) is 0 Å². The molecule has 0 aliphatic carbocycles. The van der Waals surface area contributed by atoms with Crippen LogP contribution >= 0.6 is 0 Å². The quantitative estimate of drug-likeness (QED) is 0.177. The van der Waals surface area contributed by atoms with Crippen LogP contribution < -0.4 is 4.74 Å². The molecule has 1 saturated heterocycles. The first kappa shape index (κ1) is 23.6. The van der Waals surface area contributed by atoms with Crippen LogP contribution in [0.1, 0.15) is 36.6 Å². The second-order valence-electron chi connectivity index (χ2n) is 8.33. The van der Waals surface area contributed by atoms with Gasteiger partial charge in [0.2, 0.25) is 0 Å². The number of carbonyl (C=O) groups is 2. The number of hydrogen-bond donors (Lipinski definition) is 1. The maximum atomic E-state index is 13.1. The van der Waals surface area contributed by atoms with Crippen molar-refractivity contribution in [2.45, 2.75) is 32.5 Å². The molecular formula is C26H23N3O6. The predicted molar refractivity (Wildman–Crippen MR) is 127 cm³/mol. The molecule has 3 aromatic rings. The lowest BCUT2D eigenvalue weighted by atomic mass is 9.95. The molecular weight excluding hydrogens is 450 g/mol. The zero-order valence-electron chi connectivity index (χ0n) is 19.1. The van der Waals surface area contributed by atoms with Crippen LogP contribution in [0.5, 0.6) is 5.75 Å². The fourth-order valence-electron chi connectivity index (χ4n) is 3.98. The van der Waals surface area contributed by atoms with Crippen LogP contribution in [0.2, 0.25) is 0 Å². The van der Waals surface area contributed by atoms with Crippen molar-refractivity contribution in [3.05, 3.63) is 105 Å². The highest BCUT2D eigenvalue weighted by atomic mass is 16.6. The number of Topliss-reactive ketones (excluding diaryl/α,β-unsaturated/α-hetero) is 1. The van der Waals surface area contributed by atoms with E-state index in [1.54, 1.807) is 48.8 Å². The average molecular weight is 473 g/mol. The molecule has 9 nitrogen and oxygen atoms in total. The second-order valence-corrected chi connectivity index (χ2v) is 8.33. The number of pyridine rings is 1. The number of aliphatic hydroxyl groups is 1. The summed E-state index contributed by atoms with van der Waals surface area (Å²) in [4.78, 5) is 42.2. The summed E-state index contributed by atoms with van der Waals surface area (Å²) in [5, 5.41) is 22.3.